The molecule has 0 heterocycles. The lowest BCUT2D eigenvalue weighted by molar-refractivity contribution is 0.266. The van der Waals surface area contributed by atoms with Crippen molar-refractivity contribution >= 4 is 16.1 Å². The van der Waals surface area contributed by atoms with E-state index in [1.165, 1.54) is 0 Å². The fourth-order valence-corrected chi connectivity index (χ4v) is 1.67. The maximum Gasteiger partial charge on any atom is 0.397 e. The van der Waals surface area contributed by atoms with Gasteiger partial charge in [-0.2, -0.15) is 8.42 Å². The van der Waals surface area contributed by atoms with E-state index in [0.29, 0.717) is 6.54 Å². The molecular weight excluding hydrogens is 246 g/mol. The predicted molar refractivity (Wildman–Crippen MR) is 63.2 cm³/mol. The SMILES string of the molecule is O=S(=O)(O)OCCN(CCO)c1ccccc1. The number of nitrogens with zero attached hydrogens (tertiary/aromatic N) is 1. The molecule has 0 unspecified atom stereocenters. The Morgan fingerprint density at radius 2 is 1.82 bits per heavy atom. The lowest BCUT2D eigenvalue weighted by Gasteiger charge is -2.23. The van der Waals surface area contributed by atoms with Crippen molar-refractivity contribution in [3.05, 3.63) is 30.3 Å². The summed E-state index contributed by atoms with van der Waals surface area (Å²) in [6.07, 6.45) is 0. The fourth-order valence-electron chi connectivity index (χ4n) is 1.38. The van der Waals surface area contributed by atoms with Crippen molar-refractivity contribution in [2.75, 3.05) is 31.2 Å². The highest BCUT2D eigenvalue weighted by Crippen LogP contribution is 2.12. The zero-order valence-electron chi connectivity index (χ0n) is 9.19. The molecule has 6 nitrogen and oxygen atoms in total. The Morgan fingerprint density at radius 1 is 1.18 bits per heavy atom. The molecule has 2 N–H and O–H groups in total. The maximum absolute atomic E-state index is 10.4. The highest BCUT2D eigenvalue weighted by Gasteiger charge is 2.08. The standard InChI is InChI=1S/C10H15NO5S/c12-8-6-11(7-9-16-17(13,14)15)10-4-2-1-3-5-10/h1-5,12H,6-9H2,(H,13,14,15). The van der Waals surface area contributed by atoms with Crippen LogP contribution in [0.25, 0.3) is 0 Å². The van der Waals surface area contributed by atoms with Gasteiger partial charge in [-0.1, -0.05) is 18.2 Å². The normalized spacial score (nSPS) is 11.4. The third-order valence-electron chi connectivity index (χ3n) is 2.08. The van der Waals surface area contributed by atoms with Crippen LogP contribution in [0.5, 0.6) is 0 Å². The van der Waals surface area contributed by atoms with Gasteiger partial charge in [0.05, 0.1) is 13.2 Å². The molecule has 0 saturated heterocycles. The van der Waals surface area contributed by atoms with Gasteiger partial charge in [0.2, 0.25) is 0 Å². The number of aliphatic hydroxyl groups excluding tert-OH is 1. The summed E-state index contributed by atoms with van der Waals surface area (Å²) in [5.41, 5.74) is 0.848. The van der Waals surface area contributed by atoms with Crippen LogP contribution in [-0.4, -0.2) is 44.4 Å². The van der Waals surface area contributed by atoms with Crippen molar-refractivity contribution in [3.8, 4) is 0 Å². The van der Waals surface area contributed by atoms with Crippen LogP contribution in [0.4, 0.5) is 5.69 Å². The first-order valence-electron chi connectivity index (χ1n) is 5.05. The molecule has 7 heteroatoms. The second-order valence-corrected chi connectivity index (χ2v) is 4.39. The summed E-state index contributed by atoms with van der Waals surface area (Å²) >= 11 is 0. The van der Waals surface area contributed by atoms with Crippen molar-refractivity contribution in [1.82, 2.24) is 0 Å². The van der Waals surface area contributed by atoms with Gasteiger partial charge in [-0.15, -0.1) is 0 Å². The largest absolute Gasteiger partial charge is 0.397 e. The molecule has 0 fully saturated rings. The number of aliphatic hydroxyl groups is 1. The molecule has 1 aromatic rings. The second-order valence-electron chi connectivity index (χ2n) is 3.30. The molecule has 96 valence electrons. The molecule has 0 radical (unpaired) electrons. The van der Waals surface area contributed by atoms with Gasteiger partial charge in [0.1, 0.15) is 0 Å². The van der Waals surface area contributed by atoms with Crippen LogP contribution in [0, 0.1) is 0 Å². The van der Waals surface area contributed by atoms with E-state index < -0.39 is 10.4 Å². The second kappa shape index (κ2) is 6.55. The van der Waals surface area contributed by atoms with E-state index >= 15 is 0 Å². The van der Waals surface area contributed by atoms with Gasteiger partial charge in [-0.3, -0.25) is 4.55 Å². The first kappa shape index (κ1) is 13.9. The lowest BCUT2D eigenvalue weighted by atomic mass is 10.3. The van der Waals surface area contributed by atoms with Gasteiger partial charge in [-0.25, -0.2) is 4.18 Å². The molecule has 17 heavy (non-hydrogen) atoms. The average Bonchev–Trinajstić information content (AvgIpc) is 2.27. The smallest absolute Gasteiger partial charge is 0.395 e. The quantitative estimate of drug-likeness (QED) is 0.687. The van der Waals surface area contributed by atoms with Gasteiger partial charge in [0, 0.05) is 18.8 Å². The van der Waals surface area contributed by atoms with Crippen molar-refractivity contribution in [2.45, 2.75) is 0 Å². The van der Waals surface area contributed by atoms with E-state index in [4.69, 9.17) is 9.66 Å². The fraction of sp³-hybridized carbons (Fsp3) is 0.400. The van der Waals surface area contributed by atoms with Gasteiger partial charge >= 0.3 is 10.4 Å². The van der Waals surface area contributed by atoms with Gasteiger partial charge < -0.3 is 10.0 Å². The number of benzene rings is 1. The highest BCUT2D eigenvalue weighted by molar-refractivity contribution is 7.80. The predicted octanol–water partition coefficient (Wildman–Crippen LogP) is 0.305. The average molecular weight is 261 g/mol. The summed E-state index contributed by atoms with van der Waals surface area (Å²) in [7, 11) is -4.41. The molecular formula is C10H15NO5S. The summed E-state index contributed by atoms with van der Waals surface area (Å²) in [6, 6.07) is 9.20. The molecule has 0 atom stereocenters. The molecule has 0 saturated carbocycles. The van der Waals surface area contributed by atoms with Crippen LogP contribution < -0.4 is 4.90 Å². The Labute approximate surface area is 100 Å². The molecule has 0 aliphatic carbocycles. The first-order valence-corrected chi connectivity index (χ1v) is 6.42. The molecule has 0 aromatic heterocycles. The maximum atomic E-state index is 10.4. The minimum atomic E-state index is -4.41. The topological polar surface area (TPSA) is 87.1 Å². The summed E-state index contributed by atoms with van der Waals surface area (Å²) in [4.78, 5) is 1.76. The van der Waals surface area contributed by atoms with Crippen molar-refractivity contribution in [2.24, 2.45) is 0 Å². The first-order chi connectivity index (χ1) is 8.03. The zero-order chi connectivity index (χ0) is 12.7. The van der Waals surface area contributed by atoms with Crippen LogP contribution in [0.2, 0.25) is 0 Å². The van der Waals surface area contributed by atoms with E-state index in [0.717, 1.165) is 5.69 Å². The van der Waals surface area contributed by atoms with Gasteiger partial charge in [0.25, 0.3) is 0 Å². The molecule has 0 spiro atoms. The minimum absolute atomic E-state index is 0.0548. The molecule has 0 aliphatic heterocycles. The monoisotopic (exact) mass is 261 g/mol. The Morgan fingerprint density at radius 3 is 2.35 bits per heavy atom. The number of anilines is 1. The van der Waals surface area contributed by atoms with Crippen LogP contribution in [-0.2, 0) is 14.6 Å². The molecule has 0 amide bonds. The number of hydrogen-bond donors (Lipinski definition) is 2. The van der Waals surface area contributed by atoms with Crippen LogP contribution in [0.15, 0.2) is 30.3 Å². The summed E-state index contributed by atoms with van der Waals surface area (Å²) in [6.45, 7) is 0.387. The van der Waals surface area contributed by atoms with Crippen LogP contribution >= 0.6 is 0 Å². The van der Waals surface area contributed by atoms with Crippen molar-refractivity contribution < 1.29 is 22.3 Å². The number of rotatable bonds is 7. The Balaban J connectivity index is 2.56. The van der Waals surface area contributed by atoms with E-state index in [1.54, 1.807) is 4.90 Å². The van der Waals surface area contributed by atoms with Crippen molar-refractivity contribution in [1.29, 1.82) is 0 Å². The van der Waals surface area contributed by atoms with E-state index in [9.17, 15) is 8.42 Å². The molecule has 1 aromatic carbocycles. The Bertz CT molecular complexity index is 420. The lowest BCUT2D eigenvalue weighted by Crippen LogP contribution is -2.30. The van der Waals surface area contributed by atoms with Crippen LogP contribution in [0.1, 0.15) is 0 Å². The van der Waals surface area contributed by atoms with E-state index in [2.05, 4.69) is 4.18 Å². The summed E-state index contributed by atoms with van der Waals surface area (Å²) in [5.74, 6) is 0. The van der Waals surface area contributed by atoms with Gasteiger partial charge in [0.15, 0.2) is 0 Å². The minimum Gasteiger partial charge on any atom is -0.395 e. The highest BCUT2D eigenvalue weighted by atomic mass is 32.3. The Hall–Kier alpha value is -1.15. The Kier molecular flexibility index (Phi) is 5.36. The molecule has 0 bridgehead atoms. The number of hydrogen-bond acceptors (Lipinski definition) is 5. The van der Waals surface area contributed by atoms with Crippen molar-refractivity contribution in [3.63, 3.8) is 0 Å². The van der Waals surface area contributed by atoms with Gasteiger partial charge in [-0.05, 0) is 12.1 Å². The molecule has 0 aliphatic rings. The summed E-state index contributed by atoms with van der Waals surface area (Å²) < 4.78 is 33.4. The third-order valence-corrected chi connectivity index (χ3v) is 2.55. The summed E-state index contributed by atoms with van der Waals surface area (Å²) in [5, 5.41) is 8.91. The van der Waals surface area contributed by atoms with E-state index in [-0.39, 0.29) is 19.8 Å². The van der Waals surface area contributed by atoms with E-state index in [1.807, 2.05) is 30.3 Å². The third kappa shape index (κ3) is 5.64. The zero-order valence-corrected chi connectivity index (χ0v) is 10.0. The molecule has 1 rings (SSSR count). The van der Waals surface area contributed by atoms with Crippen LogP contribution in [0.3, 0.4) is 0 Å². The number of para-hydroxylation sites is 1.